The Hall–Kier alpha value is -2.21. The van der Waals surface area contributed by atoms with Gasteiger partial charge in [0.2, 0.25) is 0 Å². The van der Waals surface area contributed by atoms with Gasteiger partial charge in [-0.05, 0) is 48.9 Å². The van der Waals surface area contributed by atoms with Crippen molar-refractivity contribution in [3.63, 3.8) is 0 Å². The molecule has 0 aromatic heterocycles. The van der Waals surface area contributed by atoms with E-state index in [9.17, 15) is 9.59 Å². The Labute approximate surface area is 146 Å². The highest BCUT2D eigenvalue weighted by Crippen LogP contribution is 2.34. The van der Waals surface area contributed by atoms with Crippen molar-refractivity contribution in [3.8, 4) is 11.5 Å². The maximum absolute atomic E-state index is 12.3. The summed E-state index contributed by atoms with van der Waals surface area (Å²) in [5.74, 6) is 0.977. The largest absolute Gasteiger partial charge is 0.490 e. The molecule has 0 N–H and O–H groups in total. The van der Waals surface area contributed by atoms with Crippen LogP contribution in [0.5, 0.6) is 11.5 Å². The average molecular weight is 347 g/mol. The first kappa shape index (κ1) is 18.1. The molecule has 128 valence electrons. The molecule has 2 amide bonds. The van der Waals surface area contributed by atoms with Gasteiger partial charge in [0.25, 0.3) is 11.1 Å². The fourth-order valence-electron chi connectivity index (χ4n) is 2.22. The molecular formula is C18H21NO4S. The Morgan fingerprint density at radius 3 is 2.67 bits per heavy atom. The molecule has 1 aliphatic rings. The SMILES string of the molecule is C=CCOc1ccc(/C=C2/SC(=O)N(CCC)C2=O)cc1OCC. The third kappa shape index (κ3) is 4.20. The predicted octanol–water partition coefficient (Wildman–Crippen LogP) is 4.10. The standard InChI is InChI=1S/C18H21NO4S/c1-4-9-19-17(20)16(24-18(19)21)12-13-7-8-14(23-10-5-2)15(11-13)22-6-3/h5,7-8,11-12H,2,4,6,9-10H2,1,3H3/b16-12+. The lowest BCUT2D eigenvalue weighted by Gasteiger charge is -2.11. The first-order valence-corrected chi connectivity index (χ1v) is 8.68. The Balaban J connectivity index is 2.26. The minimum absolute atomic E-state index is 0.218. The van der Waals surface area contributed by atoms with E-state index in [4.69, 9.17) is 9.47 Å². The molecule has 0 saturated carbocycles. The van der Waals surface area contributed by atoms with Crippen LogP contribution in [0.3, 0.4) is 0 Å². The number of nitrogens with zero attached hydrogens (tertiary/aromatic N) is 1. The van der Waals surface area contributed by atoms with E-state index in [0.29, 0.717) is 36.2 Å². The van der Waals surface area contributed by atoms with Gasteiger partial charge in [-0.1, -0.05) is 25.6 Å². The molecule has 6 heteroatoms. The van der Waals surface area contributed by atoms with Crippen LogP contribution in [0.2, 0.25) is 0 Å². The van der Waals surface area contributed by atoms with Gasteiger partial charge >= 0.3 is 0 Å². The number of benzene rings is 1. The van der Waals surface area contributed by atoms with Crippen LogP contribution in [-0.4, -0.2) is 35.8 Å². The van der Waals surface area contributed by atoms with Crippen molar-refractivity contribution in [1.82, 2.24) is 4.90 Å². The first-order valence-electron chi connectivity index (χ1n) is 7.86. The summed E-state index contributed by atoms with van der Waals surface area (Å²) in [6.45, 7) is 8.78. The molecule has 0 spiro atoms. The molecule has 1 saturated heterocycles. The number of hydrogen-bond donors (Lipinski definition) is 0. The van der Waals surface area contributed by atoms with Crippen molar-refractivity contribution >= 4 is 29.0 Å². The van der Waals surface area contributed by atoms with Crippen LogP contribution in [0.15, 0.2) is 35.8 Å². The lowest BCUT2D eigenvalue weighted by atomic mass is 10.2. The smallest absolute Gasteiger partial charge is 0.293 e. The minimum Gasteiger partial charge on any atom is -0.490 e. The molecule has 1 heterocycles. The molecule has 24 heavy (non-hydrogen) atoms. The van der Waals surface area contributed by atoms with E-state index in [2.05, 4.69) is 6.58 Å². The Kier molecular flexibility index (Phi) is 6.49. The third-order valence-corrected chi connectivity index (χ3v) is 4.15. The second-order valence-electron chi connectivity index (χ2n) is 5.07. The molecule has 0 radical (unpaired) electrons. The van der Waals surface area contributed by atoms with Gasteiger partial charge in [-0.15, -0.1) is 0 Å². The van der Waals surface area contributed by atoms with Gasteiger partial charge in [-0.25, -0.2) is 0 Å². The van der Waals surface area contributed by atoms with Crippen molar-refractivity contribution in [2.45, 2.75) is 20.3 Å². The Bertz CT molecular complexity index is 669. The van der Waals surface area contributed by atoms with Crippen molar-refractivity contribution < 1.29 is 19.1 Å². The van der Waals surface area contributed by atoms with Gasteiger partial charge in [0.15, 0.2) is 11.5 Å². The van der Waals surface area contributed by atoms with Crippen LogP contribution >= 0.6 is 11.8 Å². The summed E-state index contributed by atoms with van der Waals surface area (Å²) in [6.07, 6.45) is 4.11. The van der Waals surface area contributed by atoms with E-state index in [0.717, 1.165) is 23.7 Å². The number of hydrogen-bond acceptors (Lipinski definition) is 5. The number of rotatable bonds is 8. The molecule has 2 rings (SSSR count). The maximum atomic E-state index is 12.3. The van der Waals surface area contributed by atoms with Gasteiger partial charge in [0.05, 0.1) is 11.5 Å². The number of thioether (sulfide) groups is 1. The Morgan fingerprint density at radius 1 is 1.21 bits per heavy atom. The van der Waals surface area contributed by atoms with E-state index in [1.165, 1.54) is 4.90 Å². The van der Waals surface area contributed by atoms with Crippen molar-refractivity contribution in [3.05, 3.63) is 41.3 Å². The van der Waals surface area contributed by atoms with E-state index >= 15 is 0 Å². The van der Waals surface area contributed by atoms with Crippen LogP contribution in [0, 0.1) is 0 Å². The highest BCUT2D eigenvalue weighted by molar-refractivity contribution is 8.18. The van der Waals surface area contributed by atoms with Gasteiger partial charge in [0.1, 0.15) is 6.61 Å². The van der Waals surface area contributed by atoms with E-state index < -0.39 is 0 Å². The maximum Gasteiger partial charge on any atom is 0.293 e. The Morgan fingerprint density at radius 2 is 2.00 bits per heavy atom. The second kappa shape index (κ2) is 8.59. The second-order valence-corrected chi connectivity index (χ2v) is 6.07. The predicted molar refractivity (Wildman–Crippen MR) is 96.3 cm³/mol. The van der Waals surface area contributed by atoms with E-state index in [-0.39, 0.29) is 11.1 Å². The zero-order chi connectivity index (χ0) is 17.5. The molecule has 1 aromatic carbocycles. The lowest BCUT2D eigenvalue weighted by Crippen LogP contribution is -2.28. The molecule has 0 bridgehead atoms. The molecular weight excluding hydrogens is 326 g/mol. The number of carbonyl (C=O) groups is 2. The first-order chi connectivity index (χ1) is 11.6. The van der Waals surface area contributed by atoms with Crippen LogP contribution in [-0.2, 0) is 4.79 Å². The third-order valence-electron chi connectivity index (χ3n) is 3.24. The van der Waals surface area contributed by atoms with Crippen LogP contribution in [0.4, 0.5) is 4.79 Å². The van der Waals surface area contributed by atoms with Gasteiger partial charge in [0, 0.05) is 6.54 Å². The zero-order valence-corrected chi connectivity index (χ0v) is 14.7. The van der Waals surface area contributed by atoms with Crippen LogP contribution in [0.1, 0.15) is 25.8 Å². The van der Waals surface area contributed by atoms with Gasteiger partial charge in [-0.2, -0.15) is 0 Å². The lowest BCUT2D eigenvalue weighted by molar-refractivity contribution is -0.122. The molecule has 0 unspecified atom stereocenters. The average Bonchev–Trinajstić information content (AvgIpc) is 2.82. The van der Waals surface area contributed by atoms with Crippen molar-refractivity contribution in [2.24, 2.45) is 0 Å². The summed E-state index contributed by atoms with van der Waals surface area (Å²) in [5.41, 5.74) is 0.784. The minimum atomic E-state index is -0.239. The van der Waals surface area contributed by atoms with E-state index in [1.807, 2.05) is 19.9 Å². The van der Waals surface area contributed by atoms with Gasteiger partial charge < -0.3 is 9.47 Å². The number of imide groups is 1. The summed E-state index contributed by atoms with van der Waals surface area (Å²) >= 11 is 0.967. The molecule has 1 fully saturated rings. The van der Waals surface area contributed by atoms with Gasteiger partial charge in [-0.3, -0.25) is 14.5 Å². The monoisotopic (exact) mass is 347 g/mol. The molecule has 5 nitrogen and oxygen atoms in total. The zero-order valence-electron chi connectivity index (χ0n) is 13.9. The van der Waals surface area contributed by atoms with E-state index in [1.54, 1.807) is 24.3 Å². The summed E-state index contributed by atoms with van der Waals surface area (Å²) in [5, 5.41) is -0.218. The highest BCUT2D eigenvalue weighted by Gasteiger charge is 2.34. The number of carbonyl (C=O) groups excluding carboxylic acids is 2. The number of ether oxygens (including phenoxy) is 2. The summed E-state index contributed by atoms with van der Waals surface area (Å²) in [4.78, 5) is 25.9. The number of amides is 2. The molecule has 0 aliphatic carbocycles. The van der Waals surface area contributed by atoms with Crippen LogP contribution < -0.4 is 9.47 Å². The summed E-state index contributed by atoms with van der Waals surface area (Å²) < 4.78 is 11.1. The highest BCUT2D eigenvalue weighted by atomic mass is 32.2. The normalized spacial score (nSPS) is 15.9. The van der Waals surface area contributed by atoms with Crippen molar-refractivity contribution in [2.75, 3.05) is 19.8 Å². The molecule has 0 atom stereocenters. The quantitative estimate of drug-likeness (QED) is 0.523. The topological polar surface area (TPSA) is 55.8 Å². The van der Waals surface area contributed by atoms with Crippen LogP contribution in [0.25, 0.3) is 6.08 Å². The van der Waals surface area contributed by atoms with Crippen molar-refractivity contribution in [1.29, 1.82) is 0 Å². The fourth-order valence-corrected chi connectivity index (χ4v) is 3.08. The fraction of sp³-hybridized carbons (Fsp3) is 0.333. The molecule has 1 aliphatic heterocycles. The summed E-state index contributed by atoms with van der Waals surface area (Å²) in [7, 11) is 0. The molecule has 1 aromatic rings. The summed E-state index contributed by atoms with van der Waals surface area (Å²) in [6, 6.07) is 5.42.